The number of nitrogens with zero attached hydrogens (tertiary/aromatic N) is 2. The molecule has 3 nitrogen and oxygen atoms in total. The van der Waals surface area contributed by atoms with Crippen molar-refractivity contribution in [1.29, 1.82) is 0 Å². The highest BCUT2D eigenvalue weighted by Crippen LogP contribution is 2.33. The Labute approximate surface area is 127 Å². The standard InChI is InChI=1S/C13H9BrClN3S/c1-7-3-2-4-8(10(7)14)16-12-11-9(5-6-19-11)17-13(15)18-12/h2-6H,1H3,(H,16,17,18). The second kappa shape index (κ2) is 5.07. The molecule has 0 amide bonds. The van der Waals surface area contributed by atoms with E-state index in [2.05, 4.69) is 31.2 Å². The summed E-state index contributed by atoms with van der Waals surface area (Å²) in [5.74, 6) is 0.733. The van der Waals surface area contributed by atoms with Gasteiger partial charge in [-0.1, -0.05) is 12.1 Å². The largest absolute Gasteiger partial charge is 0.338 e. The highest BCUT2D eigenvalue weighted by atomic mass is 79.9. The molecular formula is C13H9BrClN3S. The summed E-state index contributed by atoms with van der Waals surface area (Å²) in [7, 11) is 0. The SMILES string of the molecule is Cc1cccc(Nc2nc(Cl)nc3ccsc23)c1Br. The van der Waals surface area contributed by atoms with Gasteiger partial charge in [0.15, 0.2) is 5.82 Å². The van der Waals surface area contributed by atoms with Crippen molar-refractivity contribution in [3.8, 4) is 0 Å². The van der Waals surface area contributed by atoms with Gasteiger partial charge in [-0.05, 0) is 57.5 Å². The lowest BCUT2D eigenvalue weighted by molar-refractivity contribution is 1.22. The van der Waals surface area contributed by atoms with Gasteiger partial charge >= 0.3 is 0 Å². The van der Waals surface area contributed by atoms with E-state index in [0.717, 1.165) is 31.8 Å². The zero-order valence-corrected chi connectivity index (χ0v) is 13.1. The zero-order chi connectivity index (χ0) is 13.4. The van der Waals surface area contributed by atoms with Crippen LogP contribution >= 0.6 is 38.9 Å². The van der Waals surface area contributed by atoms with Gasteiger partial charge in [0.2, 0.25) is 5.28 Å². The summed E-state index contributed by atoms with van der Waals surface area (Å²) in [5, 5.41) is 5.54. The molecule has 2 aromatic heterocycles. The molecule has 0 bridgehead atoms. The summed E-state index contributed by atoms with van der Waals surface area (Å²) >= 11 is 11.1. The predicted octanol–water partition coefficient (Wildman–Crippen LogP) is 5.16. The van der Waals surface area contributed by atoms with Crippen LogP contribution in [0.25, 0.3) is 10.2 Å². The fraction of sp³-hybridized carbons (Fsp3) is 0.0769. The maximum atomic E-state index is 5.95. The van der Waals surface area contributed by atoms with E-state index in [1.807, 2.05) is 36.6 Å². The minimum Gasteiger partial charge on any atom is -0.338 e. The molecule has 0 aliphatic rings. The molecule has 0 aliphatic heterocycles. The van der Waals surface area contributed by atoms with Crippen molar-refractivity contribution in [3.05, 3.63) is 45.0 Å². The number of thiophene rings is 1. The van der Waals surface area contributed by atoms with E-state index in [0.29, 0.717) is 0 Å². The Balaban J connectivity index is 2.10. The molecule has 1 aromatic carbocycles. The molecular weight excluding hydrogens is 346 g/mol. The number of fused-ring (bicyclic) bond motifs is 1. The third-order valence-corrected chi connectivity index (χ3v) is 4.85. The summed E-state index contributed by atoms with van der Waals surface area (Å²) in [6.07, 6.45) is 0. The van der Waals surface area contributed by atoms with Crippen molar-refractivity contribution in [1.82, 2.24) is 9.97 Å². The molecule has 0 aliphatic carbocycles. The summed E-state index contributed by atoms with van der Waals surface area (Å²) in [5.41, 5.74) is 2.98. The normalized spacial score (nSPS) is 10.9. The number of anilines is 2. The molecule has 0 atom stereocenters. The molecule has 3 rings (SSSR count). The van der Waals surface area contributed by atoms with Gasteiger partial charge in [0.1, 0.15) is 0 Å². The number of hydrogen-bond donors (Lipinski definition) is 1. The van der Waals surface area contributed by atoms with Crippen LogP contribution in [0.4, 0.5) is 11.5 Å². The van der Waals surface area contributed by atoms with Crippen LogP contribution in [0.2, 0.25) is 5.28 Å². The smallest absolute Gasteiger partial charge is 0.224 e. The van der Waals surface area contributed by atoms with Crippen molar-refractivity contribution in [3.63, 3.8) is 0 Å². The molecule has 96 valence electrons. The molecule has 0 radical (unpaired) electrons. The molecule has 0 saturated carbocycles. The number of aryl methyl sites for hydroxylation is 1. The van der Waals surface area contributed by atoms with Gasteiger partial charge in [0, 0.05) is 4.47 Å². The first-order valence-electron chi connectivity index (χ1n) is 5.58. The van der Waals surface area contributed by atoms with Crippen molar-refractivity contribution in [2.24, 2.45) is 0 Å². The van der Waals surface area contributed by atoms with Crippen LogP contribution in [0, 0.1) is 6.92 Å². The lowest BCUT2D eigenvalue weighted by Crippen LogP contribution is -1.97. The summed E-state index contributed by atoms with van der Waals surface area (Å²) in [6, 6.07) is 7.97. The van der Waals surface area contributed by atoms with E-state index in [1.165, 1.54) is 0 Å². The number of rotatable bonds is 2. The second-order valence-corrected chi connectivity index (χ2v) is 6.08. The van der Waals surface area contributed by atoms with Gasteiger partial charge in [-0.2, -0.15) is 4.98 Å². The Bertz CT molecular complexity index is 757. The van der Waals surface area contributed by atoms with E-state index in [9.17, 15) is 0 Å². The summed E-state index contributed by atoms with van der Waals surface area (Å²) < 4.78 is 2.02. The minimum atomic E-state index is 0.247. The summed E-state index contributed by atoms with van der Waals surface area (Å²) in [4.78, 5) is 8.46. The predicted molar refractivity (Wildman–Crippen MR) is 84.6 cm³/mol. The maximum absolute atomic E-state index is 5.95. The molecule has 0 spiro atoms. The minimum absolute atomic E-state index is 0.247. The third-order valence-electron chi connectivity index (χ3n) is 2.72. The van der Waals surface area contributed by atoms with E-state index in [4.69, 9.17) is 11.6 Å². The van der Waals surface area contributed by atoms with Crippen LogP contribution in [0.1, 0.15) is 5.56 Å². The third kappa shape index (κ3) is 2.45. The van der Waals surface area contributed by atoms with Crippen molar-refractivity contribution < 1.29 is 0 Å². The van der Waals surface area contributed by atoms with Gasteiger partial charge in [-0.3, -0.25) is 0 Å². The van der Waals surface area contributed by atoms with Crippen molar-refractivity contribution in [2.45, 2.75) is 6.92 Å². The number of hydrogen-bond acceptors (Lipinski definition) is 4. The fourth-order valence-corrected chi connectivity index (χ4v) is 3.11. The average molecular weight is 355 g/mol. The fourth-order valence-electron chi connectivity index (χ4n) is 1.79. The van der Waals surface area contributed by atoms with Crippen LogP contribution in [0.5, 0.6) is 0 Å². The van der Waals surface area contributed by atoms with Gasteiger partial charge in [0.05, 0.1) is 15.9 Å². The van der Waals surface area contributed by atoms with E-state index < -0.39 is 0 Å². The molecule has 3 aromatic rings. The van der Waals surface area contributed by atoms with Gasteiger partial charge in [-0.15, -0.1) is 11.3 Å². The zero-order valence-electron chi connectivity index (χ0n) is 9.95. The van der Waals surface area contributed by atoms with E-state index in [1.54, 1.807) is 11.3 Å². The number of aromatic nitrogens is 2. The van der Waals surface area contributed by atoms with Gasteiger partial charge in [-0.25, -0.2) is 4.98 Å². The highest BCUT2D eigenvalue weighted by molar-refractivity contribution is 9.10. The maximum Gasteiger partial charge on any atom is 0.224 e. The quantitative estimate of drug-likeness (QED) is 0.646. The molecule has 1 N–H and O–H groups in total. The van der Waals surface area contributed by atoms with E-state index >= 15 is 0 Å². The number of halogens is 2. The second-order valence-electron chi connectivity index (χ2n) is 4.04. The highest BCUT2D eigenvalue weighted by Gasteiger charge is 2.10. The molecule has 0 saturated heterocycles. The van der Waals surface area contributed by atoms with E-state index in [-0.39, 0.29) is 5.28 Å². The van der Waals surface area contributed by atoms with Crippen molar-refractivity contribution in [2.75, 3.05) is 5.32 Å². The van der Waals surface area contributed by atoms with Gasteiger partial charge in [0.25, 0.3) is 0 Å². The van der Waals surface area contributed by atoms with Crippen LogP contribution in [0.15, 0.2) is 34.1 Å². The Kier molecular flexibility index (Phi) is 3.43. The molecule has 19 heavy (non-hydrogen) atoms. The lowest BCUT2D eigenvalue weighted by Gasteiger charge is -2.10. The number of benzene rings is 1. The van der Waals surface area contributed by atoms with Crippen LogP contribution in [0.3, 0.4) is 0 Å². The Morgan fingerprint density at radius 3 is 2.95 bits per heavy atom. The topological polar surface area (TPSA) is 37.8 Å². The monoisotopic (exact) mass is 353 g/mol. The van der Waals surface area contributed by atoms with Crippen LogP contribution in [-0.2, 0) is 0 Å². The Morgan fingerprint density at radius 1 is 1.26 bits per heavy atom. The van der Waals surface area contributed by atoms with Crippen LogP contribution in [-0.4, -0.2) is 9.97 Å². The molecule has 0 unspecified atom stereocenters. The number of nitrogens with one attached hydrogen (secondary N) is 1. The molecule has 2 heterocycles. The first-order valence-corrected chi connectivity index (χ1v) is 7.63. The summed E-state index contributed by atoms with van der Waals surface area (Å²) in [6.45, 7) is 2.04. The first-order chi connectivity index (χ1) is 9.15. The van der Waals surface area contributed by atoms with Crippen molar-refractivity contribution >= 4 is 60.6 Å². The van der Waals surface area contributed by atoms with Crippen LogP contribution < -0.4 is 5.32 Å². The molecule has 6 heteroatoms. The molecule has 0 fully saturated rings. The first kappa shape index (κ1) is 12.8. The Morgan fingerprint density at radius 2 is 2.11 bits per heavy atom. The lowest BCUT2D eigenvalue weighted by atomic mass is 10.2. The average Bonchev–Trinajstić information content (AvgIpc) is 2.83. The Hall–Kier alpha value is -1.17. The van der Waals surface area contributed by atoms with Gasteiger partial charge < -0.3 is 5.32 Å².